The number of halogens is 1. The monoisotopic (exact) mass is 487 g/mol. The summed E-state index contributed by atoms with van der Waals surface area (Å²) in [5.41, 5.74) is 0. The van der Waals surface area contributed by atoms with Crippen LogP contribution in [0.3, 0.4) is 0 Å². The van der Waals surface area contributed by atoms with Crippen LogP contribution in [0.1, 0.15) is 13.8 Å². The lowest BCUT2D eigenvalue weighted by Gasteiger charge is -2.23. The molecule has 0 saturated carbocycles. The molecule has 1 rings (SSSR count). The Bertz CT molecular complexity index is 609. The van der Waals surface area contributed by atoms with E-state index >= 15 is 0 Å². The molecule has 24 heavy (non-hydrogen) atoms. The number of guanidine groups is 1. The largest absolute Gasteiger partial charge is 0.355 e. The van der Waals surface area contributed by atoms with Crippen LogP contribution in [0.15, 0.2) is 34.4 Å². The van der Waals surface area contributed by atoms with E-state index in [2.05, 4.69) is 45.4 Å². The van der Waals surface area contributed by atoms with Gasteiger partial charge in [-0.1, -0.05) is 0 Å². The van der Waals surface area contributed by atoms with Gasteiger partial charge in [0.05, 0.1) is 0 Å². The normalized spacial score (nSPS) is 12.4. The van der Waals surface area contributed by atoms with Crippen molar-refractivity contribution in [3.63, 3.8) is 0 Å². The van der Waals surface area contributed by atoms with Gasteiger partial charge in [-0.3, -0.25) is 9.98 Å². The minimum atomic E-state index is -3.52. The predicted molar refractivity (Wildman–Crippen MR) is 112 cm³/mol. The number of sulfonamides is 1. The summed E-state index contributed by atoms with van der Waals surface area (Å²) < 4.78 is 26.6. The standard InChI is InChI=1S/C14H25N5O2S2.HI/c1-14(2,22-4)11-18-13(15-3)17-8-9-19-23(20,21)12-6-5-7-16-10-12;/h5-7,10,19H,8-9,11H2,1-4H3,(H2,15,17,18);1H. The van der Waals surface area contributed by atoms with Gasteiger partial charge in [-0.05, 0) is 32.2 Å². The van der Waals surface area contributed by atoms with Crippen LogP contribution in [0, 0.1) is 0 Å². The zero-order chi connectivity index (χ0) is 17.3. The van der Waals surface area contributed by atoms with Crippen LogP contribution in [0.2, 0.25) is 0 Å². The number of rotatable bonds is 8. The van der Waals surface area contributed by atoms with Crippen molar-refractivity contribution in [2.45, 2.75) is 23.5 Å². The highest BCUT2D eigenvalue weighted by Gasteiger charge is 2.16. The Morgan fingerprint density at radius 2 is 2.04 bits per heavy atom. The first-order valence-corrected chi connectivity index (χ1v) is 9.91. The molecule has 1 aromatic heterocycles. The van der Waals surface area contributed by atoms with Crippen molar-refractivity contribution in [1.82, 2.24) is 20.3 Å². The maximum Gasteiger partial charge on any atom is 0.242 e. The number of hydrogen-bond donors (Lipinski definition) is 3. The van der Waals surface area contributed by atoms with E-state index in [0.29, 0.717) is 12.5 Å². The fourth-order valence-corrected chi connectivity index (χ4v) is 2.76. The van der Waals surface area contributed by atoms with E-state index in [9.17, 15) is 8.42 Å². The summed E-state index contributed by atoms with van der Waals surface area (Å²) in [5.74, 6) is 0.646. The number of nitrogens with zero attached hydrogens (tertiary/aromatic N) is 2. The fraction of sp³-hybridized carbons (Fsp3) is 0.571. The van der Waals surface area contributed by atoms with Gasteiger partial charge in [0.1, 0.15) is 4.90 Å². The van der Waals surface area contributed by atoms with Crippen molar-refractivity contribution < 1.29 is 8.42 Å². The van der Waals surface area contributed by atoms with Gasteiger partial charge in [0.2, 0.25) is 10.0 Å². The van der Waals surface area contributed by atoms with Gasteiger partial charge >= 0.3 is 0 Å². The molecular weight excluding hydrogens is 461 g/mol. The first kappa shape index (κ1) is 23.4. The van der Waals surface area contributed by atoms with E-state index in [1.54, 1.807) is 24.9 Å². The molecule has 0 aromatic carbocycles. The van der Waals surface area contributed by atoms with E-state index in [-0.39, 0.29) is 40.2 Å². The number of hydrogen-bond acceptors (Lipinski definition) is 5. The smallest absolute Gasteiger partial charge is 0.242 e. The average Bonchev–Trinajstić information content (AvgIpc) is 2.55. The maximum atomic E-state index is 12.0. The summed E-state index contributed by atoms with van der Waals surface area (Å²) in [6, 6.07) is 3.10. The highest BCUT2D eigenvalue weighted by atomic mass is 127. The van der Waals surface area contributed by atoms with Crippen LogP contribution in [-0.4, -0.2) is 57.0 Å². The highest BCUT2D eigenvalue weighted by Crippen LogP contribution is 2.19. The zero-order valence-corrected chi connectivity index (χ0v) is 18.3. The number of thioether (sulfide) groups is 1. The van der Waals surface area contributed by atoms with Crippen LogP contribution in [-0.2, 0) is 10.0 Å². The van der Waals surface area contributed by atoms with Crippen molar-refractivity contribution in [1.29, 1.82) is 0 Å². The van der Waals surface area contributed by atoms with Crippen LogP contribution in [0.25, 0.3) is 0 Å². The van der Waals surface area contributed by atoms with E-state index in [1.807, 2.05) is 0 Å². The summed E-state index contributed by atoms with van der Waals surface area (Å²) in [4.78, 5) is 8.08. The minimum absolute atomic E-state index is 0. The SMILES string of the molecule is CN=C(NCCNS(=O)(=O)c1cccnc1)NCC(C)(C)SC.I. The Hall–Kier alpha value is -0.590. The average molecular weight is 487 g/mol. The molecule has 0 fully saturated rings. The molecular formula is C14H26IN5O2S2. The zero-order valence-electron chi connectivity index (χ0n) is 14.4. The molecule has 7 nitrogen and oxygen atoms in total. The van der Waals surface area contributed by atoms with E-state index < -0.39 is 10.0 Å². The Morgan fingerprint density at radius 1 is 1.33 bits per heavy atom. The molecule has 0 amide bonds. The van der Waals surface area contributed by atoms with Crippen molar-refractivity contribution in [2.75, 3.05) is 32.9 Å². The van der Waals surface area contributed by atoms with E-state index in [1.165, 1.54) is 18.5 Å². The molecule has 0 atom stereocenters. The molecule has 0 bridgehead atoms. The lowest BCUT2D eigenvalue weighted by atomic mass is 10.2. The van der Waals surface area contributed by atoms with Gasteiger partial charge in [0, 0.05) is 43.8 Å². The number of aromatic nitrogens is 1. The second-order valence-electron chi connectivity index (χ2n) is 5.40. The summed E-state index contributed by atoms with van der Waals surface area (Å²) in [5, 5.41) is 6.30. The Labute approximate surface area is 166 Å². The first-order chi connectivity index (χ1) is 10.8. The first-order valence-electron chi connectivity index (χ1n) is 7.20. The van der Waals surface area contributed by atoms with Gasteiger partial charge in [-0.15, -0.1) is 24.0 Å². The highest BCUT2D eigenvalue weighted by molar-refractivity contribution is 14.0. The Kier molecular flexibility index (Phi) is 10.8. The lowest BCUT2D eigenvalue weighted by Crippen LogP contribution is -2.45. The molecule has 0 aliphatic heterocycles. The Morgan fingerprint density at radius 3 is 2.58 bits per heavy atom. The third-order valence-corrected chi connectivity index (χ3v) is 5.81. The molecule has 0 aliphatic carbocycles. The third-order valence-electron chi connectivity index (χ3n) is 3.11. The quantitative estimate of drug-likeness (QED) is 0.221. The second kappa shape index (κ2) is 11.1. The summed E-state index contributed by atoms with van der Waals surface area (Å²) in [6.45, 7) is 5.72. The van der Waals surface area contributed by atoms with Gasteiger partial charge in [-0.2, -0.15) is 11.8 Å². The maximum absolute atomic E-state index is 12.0. The number of aliphatic imine (C=N–C) groups is 1. The van der Waals surface area contributed by atoms with Crippen LogP contribution in [0.4, 0.5) is 0 Å². The number of pyridine rings is 1. The molecule has 1 heterocycles. The molecule has 0 radical (unpaired) electrons. The summed E-state index contributed by atoms with van der Waals surface area (Å²) in [7, 11) is -1.84. The van der Waals surface area contributed by atoms with Gasteiger partial charge in [0.25, 0.3) is 0 Å². The van der Waals surface area contributed by atoms with Gasteiger partial charge < -0.3 is 10.6 Å². The summed E-state index contributed by atoms with van der Waals surface area (Å²) in [6.07, 6.45) is 4.91. The van der Waals surface area contributed by atoms with E-state index in [4.69, 9.17) is 0 Å². The molecule has 0 saturated heterocycles. The van der Waals surface area contributed by atoms with Crippen molar-refractivity contribution in [3.05, 3.63) is 24.5 Å². The number of nitrogens with one attached hydrogen (secondary N) is 3. The topological polar surface area (TPSA) is 95.5 Å². The molecule has 138 valence electrons. The molecule has 0 unspecified atom stereocenters. The Balaban J connectivity index is 0.00000529. The third kappa shape index (κ3) is 8.49. The van der Waals surface area contributed by atoms with Crippen LogP contribution in [0.5, 0.6) is 0 Å². The predicted octanol–water partition coefficient (Wildman–Crippen LogP) is 1.28. The van der Waals surface area contributed by atoms with Crippen molar-refractivity contribution in [2.24, 2.45) is 4.99 Å². The van der Waals surface area contributed by atoms with E-state index in [0.717, 1.165) is 6.54 Å². The van der Waals surface area contributed by atoms with Gasteiger partial charge in [-0.25, -0.2) is 13.1 Å². The fourth-order valence-electron chi connectivity index (χ4n) is 1.55. The molecule has 0 spiro atoms. The summed E-state index contributed by atoms with van der Waals surface area (Å²) >= 11 is 1.77. The second-order valence-corrected chi connectivity index (χ2v) is 8.68. The molecule has 3 N–H and O–H groups in total. The molecule has 10 heteroatoms. The van der Waals surface area contributed by atoms with Crippen LogP contribution >= 0.6 is 35.7 Å². The van der Waals surface area contributed by atoms with Crippen molar-refractivity contribution >= 4 is 51.7 Å². The van der Waals surface area contributed by atoms with Crippen LogP contribution < -0.4 is 15.4 Å². The lowest BCUT2D eigenvalue weighted by molar-refractivity contribution is 0.580. The molecule has 0 aliphatic rings. The minimum Gasteiger partial charge on any atom is -0.355 e. The van der Waals surface area contributed by atoms with Gasteiger partial charge in [0.15, 0.2) is 5.96 Å². The van der Waals surface area contributed by atoms with Crippen molar-refractivity contribution in [3.8, 4) is 0 Å². The molecule has 1 aromatic rings.